The van der Waals surface area contributed by atoms with E-state index in [2.05, 4.69) is 86.8 Å². The highest BCUT2D eigenvalue weighted by atomic mass is 31.2. The summed E-state index contributed by atoms with van der Waals surface area (Å²) in [6, 6.07) is -0.892. The minimum absolute atomic E-state index is 0.0178. The first-order chi connectivity index (χ1) is 33.9. The fourth-order valence-electron chi connectivity index (χ4n) is 6.84. The third-order valence-electron chi connectivity index (χ3n) is 11.0. The van der Waals surface area contributed by atoms with Crippen LogP contribution in [0.3, 0.4) is 0 Å². The molecule has 0 saturated carbocycles. The van der Waals surface area contributed by atoms with Crippen molar-refractivity contribution in [1.29, 1.82) is 0 Å². The largest absolute Gasteiger partial charge is 0.472 e. The zero-order valence-corrected chi connectivity index (χ0v) is 45.8. The normalized spacial score (nSPS) is 14.9. The molecule has 1 amide bonds. The lowest BCUT2D eigenvalue weighted by Crippen LogP contribution is -2.47. The van der Waals surface area contributed by atoms with Crippen LogP contribution in [0.5, 0.6) is 0 Å². The smallest absolute Gasteiger partial charge is 0.456 e. The van der Waals surface area contributed by atoms with Crippen LogP contribution >= 0.6 is 7.82 Å². The van der Waals surface area contributed by atoms with Crippen LogP contribution in [0, 0.1) is 0 Å². The molecular weight excluding hydrogens is 892 g/mol. The van der Waals surface area contributed by atoms with E-state index in [1.807, 2.05) is 94.1 Å². The number of ether oxygens (including phenoxy) is 1. The SMILES string of the molecule is CC\C=C/C=C/C=C/C=C\C=C\C=C\CCCCCC(=O)OC(/C=C/CCCCCCCCCCC)C(COP(=O)(O)OCC[N+](C)(C)C)NC(=O)CCCCC/C=C/C/C=C/C/C=C/C/C=C/CC. The molecule has 3 atom stereocenters. The van der Waals surface area contributed by atoms with Gasteiger partial charge in [0.2, 0.25) is 5.91 Å². The highest BCUT2D eigenvalue weighted by molar-refractivity contribution is 7.47. The molecule has 2 N–H and O–H groups in total. The van der Waals surface area contributed by atoms with E-state index >= 15 is 0 Å². The van der Waals surface area contributed by atoms with Gasteiger partial charge in [0.05, 0.1) is 33.8 Å². The minimum atomic E-state index is -4.47. The summed E-state index contributed by atoms with van der Waals surface area (Å²) in [6.45, 7) is 6.64. The van der Waals surface area contributed by atoms with Crippen molar-refractivity contribution in [2.24, 2.45) is 0 Å². The molecule has 0 spiro atoms. The van der Waals surface area contributed by atoms with Gasteiger partial charge in [-0.2, -0.15) is 0 Å². The Morgan fingerprint density at radius 2 is 0.986 bits per heavy atom. The van der Waals surface area contributed by atoms with E-state index in [0.29, 0.717) is 23.9 Å². The summed E-state index contributed by atoms with van der Waals surface area (Å²) in [7, 11) is 1.42. The van der Waals surface area contributed by atoms with Crippen LogP contribution in [0.1, 0.15) is 181 Å². The second-order valence-corrected chi connectivity index (χ2v) is 20.2. The van der Waals surface area contributed by atoms with Crippen molar-refractivity contribution in [2.75, 3.05) is 40.9 Å². The van der Waals surface area contributed by atoms with E-state index in [1.165, 1.54) is 44.9 Å². The molecule has 396 valence electrons. The van der Waals surface area contributed by atoms with E-state index in [4.69, 9.17) is 13.8 Å². The van der Waals surface area contributed by atoms with Crippen LogP contribution in [0.4, 0.5) is 0 Å². The number of amides is 1. The quantitative estimate of drug-likeness (QED) is 0.0156. The molecular formula is C60H100N2O7P+. The second kappa shape index (κ2) is 48.8. The molecule has 0 aliphatic carbocycles. The van der Waals surface area contributed by atoms with Gasteiger partial charge in [-0.15, -0.1) is 0 Å². The fraction of sp³-hybridized carbons (Fsp3) is 0.600. The fourth-order valence-corrected chi connectivity index (χ4v) is 7.58. The van der Waals surface area contributed by atoms with Crippen LogP contribution in [0.25, 0.3) is 0 Å². The Bertz CT molecular complexity index is 1660. The van der Waals surface area contributed by atoms with Crippen LogP contribution < -0.4 is 5.32 Å². The van der Waals surface area contributed by atoms with Crippen molar-refractivity contribution in [1.82, 2.24) is 5.32 Å². The van der Waals surface area contributed by atoms with Gasteiger partial charge in [0, 0.05) is 12.8 Å². The van der Waals surface area contributed by atoms with Crippen molar-refractivity contribution >= 4 is 19.7 Å². The van der Waals surface area contributed by atoms with Crippen LogP contribution in [0.2, 0.25) is 0 Å². The molecule has 0 heterocycles. The van der Waals surface area contributed by atoms with Gasteiger partial charge in [0.1, 0.15) is 19.3 Å². The lowest BCUT2D eigenvalue weighted by molar-refractivity contribution is -0.870. The average Bonchev–Trinajstić information content (AvgIpc) is 3.32. The predicted octanol–water partition coefficient (Wildman–Crippen LogP) is 16.2. The Morgan fingerprint density at radius 3 is 1.54 bits per heavy atom. The van der Waals surface area contributed by atoms with E-state index in [1.54, 1.807) is 0 Å². The summed E-state index contributed by atoms with van der Waals surface area (Å²) >= 11 is 0. The maximum absolute atomic E-state index is 13.5. The van der Waals surface area contributed by atoms with Crippen molar-refractivity contribution in [2.45, 2.75) is 193 Å². The average molecular weight is 992 g/mol. The first kappa shape index (κ1) is 66.2. The van der Waals surface area contributed by atoms with Crippen molar-refractivity contribution in [3.8, 4) is 0 Å². The zero-order chi connectivity index (χ0) is 51.5. The van der Waals surface area contributed by atoms with Gasteiger partial charge in [-0.25, -0.2) is 4.57 Å². The lowest BCUT2D eigenvalue weighted by Gasteiger charge is -2.27. The molecule has 9 nitrogen and oxygen atoms in total. The van der Waals surface area contributed by atoms with Gasteiger partial charge in [-0.05, 0) is 89.5 Å². The summed E-state index contributed by atoms with van der Waals surface area (Å²) < 4.78 is 30.5. The Labute approximate surface area is 428 Å². The second-order valence-electron chi connectivity index (χ2n) is 18.8. The predicted molar refractivity (Wildman–Crippen MR) is 299 cm³/mol. The monoisotopic (exact) mass is 992 g/mol. The van der Waals surface area contributed by atoms with E-state index in [-0.39, 0.29) is 37.9 Å². The number of nitrogens with zero attached hydrogens (tertiary/aromatic N) is 1. The molecule has 0 aliphatic rings. The number of phosphoric ester groups is 1. The highest BCUT2D eigenvalue weighted by Crippen LogP contribution is 2.43. The number of quaternary nitrogens is 1. The number of nitrogens with one attached hydrogen (secondary N) is 1. The molecule has 10 heteroatoms. The van der Waals surface area contributed by atoms with Gasteiger partial charge in [-0.1, -0.05) is 213 Å². The molecule has 70 heavy (non-hydrogen) atoms. The molecule has 0 aromatic carbocycles. The van der Waals surface area contributed by atoms with Crippen LogP contribution in [0.15, 0.2) is 134 Å². The maximum Gasteiger partial charge on any atom is 0.472 e. The first-order valence-corrected chi connectivity index (χ1v) is 28.6. The molecule has 0 aromatic heterocycles. The summed E-state index contributed by atoms with van der Waals surface area (Å²) in [5, 5.41) is 3.00. The molecule has 0 saturated heterocycles. The number of carbonyl (C=O) groups excluding carboxylic acids is 2. The molecule has 0 aliphatic heterocycles. The van der Waals surface area contributed by atoms with Crippen molar-refractivity contribution < 1.29 is 37.3 Å². The van der Waals surface area contributed by atoms with Gasteiger partial charge >= 0.3 is 13.8 Å². The summed E-state index contributed by atoms with van der Waals surface area (Å²) in [5.74, 6) is -0.609. The van der Waals surface area contributed by atoms with E-state index in [0.717, 1.165) is 89.9 Å². The molecule has 0 aromatic rings. The summed E-state index contributed by atoms with van der Waals surface area (Å²) in [4.78, 5) is 37.5. The first-order valence-electron chi connectivity index (χ1n) is 27.1. The summed E-state index contributed by atoms with van der Waals surface area (Å²) in [5.41, 5.74) is 0. The van der Waals surface area contributed by atoms with Crippen LogP contribution in [-0.2, 0) is 27.9 Å². The third kappa shape index (κ3) is 49.1. The number of esters is 1. The van der Waals surface area contributed by atoms with E-state index < -0.39 is 20.0 Å². The van der Waals surface area contributed by atoms with Crippen LogP contribution in [-0.4, -0.2) is 74.3 Å². The standard InChI is InChI=1S/C60H99N2O7P/c1-7-10-13-16-19-22-25-27-29-31-33-35-38-41-44-47-50-53-60(64)69-58(51-48-45-42-39-36-24-21-18-15-12-9-3)57(56-68-70(65,66)67-55-54-62(4,5)6)61-59(63)52-49-46-43-40-37-34-32-30-28-26-23-20-17-14-11-8-2/h10-11,13-14,16,19-20,22-23,25,27-31,33-35,37-38,48,51,57-58H,7-9,12,15,17-18,21,24,26,32,36,39-47,49-50,52-56H2,1-6H3,(H-,61,63,65,66)/p+1/b13-10-,14-11+,19-16+,23-20+,25-22+,29-27-,30-28+,33-31+,37-34+,38-35+,51-48+. The van der Waals surface area contributed by atoms with Gasteiger partial charge in [0.25, 0.3) is 0 Å². The zero-order valence-electron chi connectivity index (χ0n) is 44.9. The van der Waals surface area contributed by atoms with Crippen molar-refractivity contribution in [3.63, 3.8) is 0 Å². The lowest BCUT2D eigenvalue weighted by atomic mass is 10.1. The Hall–Kier alpha value is -3.85. The van der Waals surface area contributed by atoms with E-state index in [9.17, 15) is 19.0 Å². The number of hydrogen-bond acceptors (Lipinski definition) is 6. The Balaban J connectivity index is 5.54. The van der Waals surface area contributed by atoms with Gasteiger partial charge in [-0.3, -0.25) is 18.6 Å². The minimum Gasteiger partial charge on any atom is -0.456 e. The molecule has 0 rings (SSSR count). The molecule has 0 fully saturated rings. The van der Waals surface area contributed by atoms with Crippen molar-refractivity contribution in [3.05, 3.63) is 134 Å². The number of carbonyl (C=O) groups is 2. The number of rotatable bonds is 46. The Morgan fingerprint density at radius 1 is 0.529 bits per heavy atom. The number of phosphoric acid groups is 1. The Kier molecular flexibility index (Phi) is 46.1. The molecule has 0 bridgehead atoms. The topological polar surface area (TPSA) is 111 Å². The number of hydrogen-bond donors (Lipinski definition) is 2. The third-order valence-corrected chi connectivity index (χ3v) is 12.0. The van der Waals surface area contributed by atoms with Gasteiger partial charge in [0.15, 0.2) is 0 Å². The highest BCUT2D eigenvalue weighted by Gasteiger charge is 2.30. The van der Waals surface area contributed by atoms with Gasteiger partial charge < -0.3 is 19.4 Å². The maximum atomic E-state index is 13.5. The number of likely N-dealkylation sites (N-methyl/N-ethyl adjacent to an activating group) is 1. The molecule has 3 unspecified atom stereocenters. The summed E-state index contributed by atoms with van der Waals surface area (Å²) in [6.07, 6.45) is 68.8. The number of unbranched alkanes of at least 4 members (excludes halogenated alkanes) is 15. The molecule has 0 radical (unpaired) electrons. The number of allylic oxidation sites excluding steroid dienone is 21.